The molecule has 2 N–H and O–H groups in total. The highest BCUT2D eigenvalue weighted by molar-refractivity contribution is 5.83. The van der Waals surface area contributed by atoms with E-state index in [4.69, 9.17) is 5.73 Å². The SMILES string of the molecule is CCN1CCN(C(=O)CN)C[C@H](Cc2ccccc2-c2ccc(C)cc2)C1=O. The first-order valence-electron chi connectivity index (χ1n) is 9.95. The summed E-state index contributed by atoms with van der Waals surface area (Å²) in [5, 5.41) is 0. The highest BCUT2D eigenvalue weighted by Gasteiger charge is 2.31. The number of nitrogens with zero attached hydrogens (tertiary/aromatic N) is 2. The molecule has 0 unspecified atom stereocenters. The molecule has 0 bridgehead atoms. The van der Waals surface area contributed by atoms with Gasteiger partial charge in [0.25, 0.3) is 0 Å². The number of hydrogen-bond acceptors (Lipinski definition) is 3. The van der Waals surface area contributed by atoms with Gasteiger partial charge in [0.1, 0.15) is 0 Å². The summed E-state index contributed by atoms with van der Waals surface area (Å²) in [6, 6.07) is 16.6. The largest absolute Gasteiger partial charge is 0.341 e. The predicted molar refractivity (Wildman–Crippen MR) is 112 cm³/mol. The van der Waals surface area contributed by atoms with Crippen molar-refractivity contribution in [3.05, 3.63) is 59.7 Å². The Hall–Kier alpha value is -2.66. The number of hydrogen-bond donors (Lipinski definition) is 1. The van der Waals surface area contributed by atoms with Gasteiger partial charge in [-0.3, -0.25) is 9.59 Å². The summed E-state index contributed by atoms with van der Waals surface area (Å²) in [5.41, 5.74) is 10.2. The lowest BCUT2D eigenvalue weighted by molar-refractivity contribution is -0.134. The maximum atomic E-state index is 13.1. The predicted octanol–water partition coefficient (Wildman–Crippen LogP) is 2.47. The van der Waals surface area contributed by atoms with E-state index in [-0.39, 0.29) is 24.3 Å². The minimum atomic E-state index is -0.260. The molecule has 2 aromatic carbocycles. The lowest BCUT2D eigenvalue weighted by Crippen LogP contribution is -2.40. The molecule has 28 heavy (non-hydrogen) atoms. The molecule has 0 spiro atoms. The molecule has 5 nitrogen and oxygen atoms in total. The van der Waals surface area contributed by atoms with E-state index < -0.39 is 0 Å². The Kier molecular flexibility index (Phi) is 6.47. The second kappa shape index (κ2) is 9.02. The van der Waals surface area contributed by atoms with Gasteiger partial charge >= 0.3 is 0 Å². The standard InChI is InChI=1S/C23H29N3O2/c1-3-25-12-13-26(22(27)15-24)16-20(23(25)28)14-19-6-4-5-7-21(19)18-10-8-17(2)9-11-18/h4-11,20H,3,12-16,24H2,1-2H3/t20-/m0/s1. The van der Waals surface area contributed by atoms with Crippen LogP contribution in [0.2, 0.25) is 0 Å². The van der Waals surface area contributed by atoms with Crippen LogP contribution in [-0.2, 0) is 16.0 Å². The minimum absolute atomic E-state index is 0.0208. The number of amides is 2. The normalized spacial score (nSPS) is 17.5. The van der Waals surface area contributed by atoms with E-state index in [9.17, 15) is 9.59 Å². The summed E-state index contributed by atoms with van der Waals surface area (Å²) in [6.07, 6.45) is 0.605. The molecule has 1 fully saturated rings. The van der Waals surface area contributed by atoms with Crippen molar-refractivity contribution in [3.8, 4) is 11.1 Å². The number of aryl methyl sites for hydroxylation is 1. The Balaban J connectivity index is 1.91. The molecule has 148 valence electrons. The van der Waals surface area contributed by atoms with E-state index in [2.05, 4.69) is 43.3 Å². The van der Waals surface area contributed by atoms with E-state index >= 15 is 0 Å². The third kappa shape index (κ3) is 4.42. The molecule has 1 saturated heterocycles. The second-order valence-corrected chi connectivity index (χ2v) is 7.39. The number of benzene rings is 2. The maximum Gasteiger partial charge on any atom is 0.236 e. The van der Waals surface area contributed by atoms with Crippen molar-refractivity contribution in [2.75, 3.05) is 32.7 Å². The fraction of sp³-hybridized carbons (Fsp3) is 0.391. The molecule has 0 radical (unpaired) electrons. The number of nitrogens with two attached hydrogens (primary N) is 1. The maximum absolute atomic E-state index is 13.1. The monoisotopic (exact) mass is 379 g/mol. The molecule has 1 atom stereocenters. The van der Waals surface area contributed by atoms with Crippen molar-refractivity contribution >= 4 is 11.8 Å². The molecule has 1 aliphatic heterocycles. The van der Waals surface area contributed by atoms with E-state index in [1.165, 1.54) is 5.56 Å². The Morgan fingerprint density at radius 2 is 1.82 bits per heavy atom. The molecule has 2 amide bonds. The van der Waals surface area contributed by atoms with Crippen LogP contribution in [0, 0.1) is 12.8 Å². The first kappa shape index (κ1) is 20.1. The summed E-state index contributed by atoms with van der Waals surface area (Å²) < 4.78 is 0. The lowest BCUT2D eigenvalue weighted by Gasteiger charge is -2.24. The Morgan fingerprint density at radius 1 is 1.11 bits per heavy atom. The summed E-state index contributed by atoms with van der Waals surface area (Å²) in [7, 11) is 0. The van der Waals surface area contributed by atoms with Gasteiger partial charge < -0.3 is 15.5 Å². The van der Waals surface area contributed by atoms with Crippen LogP contribution in [0.4, 0.5) is 0 Å². The van der Waals surface area contributed by atoms with E-state index in [0.717, 1.165) is 16.7 Å². The van der Waals surface area contributed by atoms with E-state index in [0.29, 0.717) is 32.6 Å². The van der Waals surface area contributed by atoms with Crippen molar-refractivity contribution in [2.45, 2.75) is 20.3 Å². The van der Waals surface area contributed by atoms with Gasteiger partial charge in [-0.15, -0.1) is 0 Å². The molecule has 0 aliphatic carbocycles. The number of carbonyl (C=O) groups excluding carboxylic acids is 2. The molecule has 0 saturated carbocycles. The van der Waals surface area contributed by atoms with Gasteiger partial charge in [0, 0.05) is 26.2 Å². The van der Waals surface area contributed by atoms with Crippen LogP contribution < -0.4 is 5.73 Å². The fourth-order valence-corrected chi connectivity index (χ4v) is 3.85. The van der Waals surface area contributed by atoms with Gasteiger partial charge in [0.15, 0.2) is 0 Å². The number of carbonyl (C=O) groups is 2. The second-order valence-electron chi connectivity index (χ2n) is 7.39. The average Bonchev–Trinajstić information content (AvgIpc) is 2.87. The topological polar surface area (TPSA) is 66.6 Å². The van der Waals surface area contributed by atoms with Crippen LogP contribution in [0.25, 0.3) is 11.1 Å². The molecule has 1 heterocycles. The molecule has 5 heteroatoms. The van der Waals surface area contributed by atoms with Gasteiger partial charge in [-0.25, -0.2) is 0 Å². The molecule has 1 aliphatic rings. The molecule has 2 aromatic rings. The third-order valence-electron chi connectivity index (χ3n) is 5.50. The van der Waals surface area contributed by atoms with Crippen molar-refractivity contribution in [3.63, 3.8) is 0 Å². The Morgan fingerprint density at radius 3 is 2.50 bits per heavy atom. The summed E-state index contributed by atoms with van der Waals surface area (Å²) >= 11 is 0. The summed E-state index contributed by atoms with van der Waals surface area (Å²) in [4.78, 5) is 28.9. The highest BCUT2D eigenvalue weighted by atomic mass is 16.2. The summed E-state index contributed by atoms with van der Waals surface area (Å²) in [5.74, 6) is -0.236. The first-order chi connectivity index (χ1) is 13.5. The van der Waals surface area contributed by atoms with Crippen LogP contribution in [0.15, 0.2) is 48.5 Å². The fourth-order valence-electron chi connectivity index (χ4n) is 3.85. The number of likely N-dealkylation sites (N-methyl/N-ethyl adjacent to an activating group) is 1. The third-order valence-corrected chi connectivity index (χ3v) is 5.50. The van der Waals surface area contributed by atoms with Crippen molar-refractivity contribution < 1.29 is 9.59 Å². The zero-order chi connectivity index (χ0) is 20.1. The number of rotatable bonds is 5. The smallest absolute Gasteiger partial charge is 0.236 e. The van der Waals surface area contributed by atoms with Crippen molar-refractivity contribution in [1.82, 2.24) is 9.80 Å². The lowest BCUT2D eigenvalue weighted by atomic mass is 9.91. The van der Waals surface area contributed by atoms with Crippen LogP contribution in [0.3, 0.4) is 0 Å². The Bertz CT molecular complexity index is 832. The van der Waals surface area contributed by atoms with Crippen LogP contribution in [0.1, 0.15) is 18.1 Å². The van der Waals surface area contributed by atoms with E-state index in [1.54, 1.807) is 4.90 Å². The average molecular weight is 380 g/mol. The molecule has 0 aromatic heterocycles. The van der Waals surface area contributed by atoms with Crippen molar-refractivity contribution in [2.24, 2.45) is 11.7 Å². The van der Waals surface area contributed by atoms with Crippen molar-refractivity contribution in [1.29, 1.82) is 0 Å². The van der Waals surface area contributed by atoms with Gasteiger partial charge in [0.05, 0.1) is 12.5 Å². The summed E-state index contributed by atoms with van der Waals surface area (Å²) in [6.45, 7) is 6.22. The quantitative estimate of drug-likeness (QED) is 0.868. The minimum Gasteiger partial charge on any atom is -0.341 e. The highest BCUT2D eigenvalue weighted by Crippen LogP contribution is 2.27. The van der Waals surface area contributed by atoms with Crippen LogP contribution >= 0.6 is 0 Å². The molecular weight excluding hydrogens is 350 g/mol. The Labute approximate surface area is 167 Å². The van der Waals surface area contributed by atoms with Gasteiger partial charge in [-0.05, 0) is 37.0 Å². The zero-order valence-corrected chi connectivity index (χ0v) is 16.7. The first-order valence-corrected chi connectivity index (χ1v) is 9.95. The van der Waals surface area contributed by atoms with Gasteiger partial charge in [-0.2, -0.15) is 0 Å². The van der Waals surface area contributed by atoms with Gasteiger partial charge in [0.2, 0.25) is 11.8 Å². The van der Waals surface area contributed by atoms with E-state index in [1.807, 2.05) is 24.0 Å². The van der Waals surface area contributed by atoms with Crippen LogP contribution in [0.5, 0.6) is 0 Å². The van der Waals surface area contributed by atoms with Gasteiger partial charge in [-0.1, -0.05) is 54.1 Å². The van der Waals surface area contributed by atoms with Crippen LogP contribution in [-0.4, -0.2) is 54.3 Å². The zero-order valence-electron chi connectivity index (χ0n) is 16.7. The molecule has 3 rings (SSSR count). The molecular formula is C23H29N3O2.